The summed E-state index contributed by atoms with van der Waals surface area (Å²) in [6.45, 7) is 1.88. The van der Waals surface area contributed by atoms with Crippen molar-refractivity contribution in [1.29, 1.82) is 0 Å². The molecule has 0 bridgehead atoms. The molecule has 88 valence electrons. The van der Waals surface area contributed by atoms with Crippen molar-refractivity contribution in [2.24, 2.45) is 0 Å². The van der Waals surface area contributed by atoms with E-state index in [1.807, 2.05) is 6.92 Å². The normalized spacial score (nSPS) is 11.4. The highest BCUT2D eigenvalue weighted by molar-refractivity contribution is 7.89. The zero-order valence-corrected chi connectivity index (χ0v) is 10.3. The minimum Gasteiger partial charge on any atom is -0.281 e. The molecule has 1 aromatic carbocycles. The molecule has 0 heterocycles. The van der Waals surface area contributed by atoms with Gasteiger partial charge in [0.1, 0.15) is 0 Å². The molecule has 16 heavy (non-hydrogen) atoms. The first kappa shape index (κ1) is 13.2. The summed E-state index contributed by atoms with van der Waals surface area (Å²) in [6.07, 6.45) is -0.0212. The summed E-state index contributed by atoms with van der Waals surface area (Å²) >= 11 is 5.10. The molecule has 0 saturated carbocycles. The van der Waals surface area contributed by atoms with Crippen molar-refractivity contribution in [3.63, 3.8) is 0 Å². The Bertz CT molecular complexity index is 467. The van der Waals surface area contributed by atoms with Crippen LogP contribution in [0, 0.1) is 6.92 Å². The van der Waals surface area contributed by atoms with Gasteiger partial charge in [-0.15, -0.1) is 0 Å². The molecule has 1 rings (SSSR count). The molecule has 0 aromatic heterocycles. The SMILES string of the molecule is Cc1ccc(S(=O)(=O)NCCC(=O)Cl)cc1. The van der Waals surface area contributed by atoms with Crippen LogP contribution < -0.4 is 4.72 Å². The predicted molar refractivity (Wildman–Crippen MR) is 61.8 cm³/mol. The van der Waals surface area contributed by atoms with Crippen LogP contribution in [-0.2, 0) is 14.8 Å². The first-order valence-electron chi connectivity index (χ1n) is 4.66. The summed E-state index contributed by atoms with van der Waals surface area (Å²) in [5.41, 5.74) is 0.981. The number of rotatable bonds is 5. The Morgan fingerprint density at radius 2 is 1.88 bits per heavy atom. The second kappa shape index (κ2) is 5.43. The van der Waals surface area contributed by atoms with E-state index >= 15 is 0 Å². The largest absolute Gasteiger partial charge is 0.281 e. The molecule has 1 aromatic rings. The van der Waals surface area contributed by atoms with Gasteiger partial charge in [-0.2, -0.15) is 0 Å². The minimum atomic E-state index is -3.53. The smallest absolute Gasteiger partial charge is 0.240 e. The molecule has 6 heteroatoms. The fourth-order valence-corrected chi connectivity index (χ4v) is 2.21. The number of benzene rings is 1. The Labute approximate surface area is 99.7 Å². The second-order valence-corrected chi connectivity index (χ2v) is 5.50. The van der Waals surface area contributed by atoms with Gasteiger partial charge < -0.3 is 0 Å². The maximum Gasteiger partial charge on any atom is 0.240 e. The zero-order chi connectivity index (χ0) is 12.2. The molecule has 0 aliphatic carbocycles. The molecule has 0 spiro atoms. The van der Waals surface area contributed by atoms with Gasteiger partial charge >= 0.3 is 0 Å². The molecule has 0 radical (unpaired) electrons. The lowest BCUT2D eigenvalue weighted by Gasteiger charge is -2.05. The number of hydrogen-bond acceptors (Lipinski definition) is 3. The summed E-state index contributed by atoms with van der Waals surface area (Å²) in [6, 6.07) is 6.45. The number of aryl methyl sites for hydroxylation is 1. The van der Waals surface area contributed by atoms with Crippen LogP contribution >= 0.6 is 11.6 Å². The van der Waals surface area contributed by atoms with Gasteiger partial charge in [0.05, 0.1) is 4.90 Å². The topological polar surface area (TPSA) is 63.2 Å². The Morgan fingerprint density at radius 1 is 1.31 bits per heavy atom. The van der Waals surface area contributed by atoms with E-state index in [9.17, 15) is 13.2 Å². The molecule has 0 atom stereocenters. The van der Waals surface area contributed by atoms with E-state index in [0.717, 1.165) is 5.56 Å². The van der Waals surface area contributed by atoms with Gasteiger partial charge in [0.15, 0.2) is 0 Å². The highest BCUT2D eigenvalue weighted by Crippen LogP contribution is 2.09. The highest BCUT2D eigenvalue weighted by atomic mass is 35.5. The Balaban J connectivity index is 2.71. The molecule has 1 N–H and O–H groups in total. The summed E-state index contributed by atoms with van der Waals surface area (Å²) in [5, 5.41) is -0.563. The van der Waals surface area contributed by atoms with Crippen molar-refractivity contribution in [2.45, 2.75) is 18.2 Å². The fraction of sp³-hybridized carbons (Fsp3) is 0.300. The molecule has 0 fully saturated rings. The van der Waals surface area contributed by atoms with Gasteiger partial charge in [0.2, 0.25) is 15.3 Å². The van der Waals surface area contributed by atoms with Crippen LogP contribution in [0.25, 0.3) is 0 Å². The molecule has 0 aliphatic heterocycles. The van der Waals surface area contributed by atoms with E-state index in [2.05, 4.69) is 4.72 Å². The van der Waals surface area contributed by atoms with Crippen molar-refractivity contribution in [3.05, 3.63) is 29.8 Å². The van der Waals surface area contributed by atoms with Crippen molar-refractivity contribution in [1.82, 2.24) is 4.72 Å². The molecule has 0 saturated heterocycles. The van der Waals surface area contributed by atoms with E-state index in [1.54, 1.807) is 12.1 Å². The molecule has 4 nitrogen and oxygen atoms in total. The number of nitrogens with one attached hydrogen (secondary N) is 1. The van der Waals surface area contributed by atoms with Gasteiger partial charge in [-0.05, 0) is 30.7 Å². The molecule has 0 unspecified atom stereocenters. The van der Waals surface area contributed by atoms with E-state index < -0.39 is 15.3 Å². The first-order valence-corrected chi connectivity index (χ1v) is 6.52. The lowest BCUT2D eigenvalue weighted by atomic mass is 10.2. The van der Waals surface area contributed by atoms with Gasteiger partial charge in [-0.1, -0.05) is 17.7 Å². The van der Waals surface area contributed by atoms with E-state index in [1.165, 1.54) is 12.1 Å². The fourth-order valence-electron chi connectivity index (χ4n) is 1.08. The maximum absolute atomic E-state index is 11.7. The van der Waals surface area contributed by atoms with E-state index in [0.29, 0.717) is 0 Å². The number of hydrogen-bond donors (Lipinski definition) is 1. The third kappa shape index (κ3) is 3.92. The highest BCUT2D eigenvalue weighted by Gasteiger charge is 2.12. The van der Waals surface area contributed by atoms with Gasteiger partial charge in [-0.3, -0.25) is 4.79 Å². The van der Waals surface area contributed by atoms with Crippen molar-refractivity contribution < 1.29 is 13.2 Å². The average molecular weight is 262 g/mol. The van der Waals surface area contributed by atoms with Crippen LogP contribution in [0.2, 0.25) is 0 Å². The monoisotopic (exact) mass is 261 g/mol. The summed E-state index contributed by atoms with van der Waals surface area (Å²) in [7, 11) is -3.53. The molecule has 0 aliphatic rings. The molecule has 0 amide bonds. The quantitative estimate of drug-likeness (QED) is 0.816. The van der Waals surface area contributed by atoms with Crippen molar-refractivity contribution in [2.75, 3.05) is 6.54 Å². The van der Waals surface area contributed by atoms with Crippen LogP contribution in [-0.4, -0.2) is 20.2 Å². The van der Waals surface area contributed by atoms with Gasteiger partial charge in [-0.25, -0.2) is 13.1 Å². The molecular weight excluding hydrogens is 250 g/mol. The number of halogens is 1. The second-order valence-electron chi connectivity index (χ2n) is 3.32. The third-order valence-corrected chi connectivity index (χ3v) is 3.61. The Kier molecular flexibility index (Phi) is 4.46. The standard InChI is InChI=1S/C10H12ClNO3S/c1-8-2-4-9(5-3-8)16(14,15)12-7-6-10(11)13/h2-5,12H,6-7H2,1H3. The zero-order valence-electron chi connectivity index (χ0n) is 8.73. The predicted octanol–water partition coefficient (Wildman–Crippen LogP) is 1.43. The lowest BCUT2D eigenvalue weighted by molar-refractivity contribution is -0.111. The first-order chi connectivity index (χ1) is 7.42. The van der Waals surface area contributed by atoms with Gasteiger partial charge in [0.25, 0.3) is 0 Å². The minimum absolute atomic E-state index is 0.0124. The van der Waals surface area contributed by atoms with Crippen LogP contribution in [0.15, 0.2) is 29.2 Å². The third-order valence-electron chi connectivity index (χ3n) is 1.94. The van der Waals surface area contributed by atoms with Gasteiger partial charge in [0, 0.05) is 13.0 Å². The molecular formula is C10H12ClNO3S. The number of carbonyl (C=O) groups excluding carboxylic acids is 1. The van der Waals surface area contributed by atoms with Crippen molar-refractivity contribution >= 4 is 26.9 Å². The number of carbonyl (C=O) groups is 1. The van der Waals surface area contributed by atoms with Crippen LogP contribution in [0.4, 0.5) is 0 Å². The van der Waals surface area contributed by atoms with Crippen LogP contribution in [0.3, 0.4) is 0 Å². The lowest BCUT2D eigenvalue weighted by Crippen LogP contribution is -2.25. The summed E-state index contributed by atoms with van der Waals surface area (Å²) < 4.78 is 25.6. The maximum atomic E-state index is 11.7. The van der Waals surface area contributed by atoms with Crippen LogP contribution in [0.1, 0.15) is 12.0 Å². The Hall–Kier alpha value is -0.910. The van der Waals surface area contributed by atoms with E-state index in [-0.39, 0.29) is 17.9 Å². The summed E-state index contributed by atoms with van der Waals surface area (Å²) in [4.78, 5) is 10.6. The Morgan fingerprint density at radius 3 is 2.38 bits per heavy atom. The van der Waals surface area contributed by atoms with E-state index in [4.69, 9.17) is 11.6 Å². The summed E-state index contributed by atoms with van der Waals surface area (Å²) in [5.74, 6) is 0. The van der Waals surface area contributed by atoms with Crippen LogP contribution in [0.5, 0.6) is 0 Å². The van der Waals surface area contributed by atoms with Crippen molar-refractivity contribution in [3.8, 4) is 0 Å². The average Bonchev–Trinajstić information content (AvgIpc) is 2.17. The number of sulfonamides is 1.